The smallest absolute Gasteiger partial charge is 0.243 e. The topological polar surface area (TPSA) is 67.2 Å². The Morgan fingerprint density at radius 2 is 1.97 bits per heavy atom. The van der Waals surface area contributed by atoms with Crippen molar-refractivity contribution in [3.8, 4) is 18.0 Å². The van der Waals surface area contributed by atoms with E-state index in [1.54, 1.807) is 23.0 Å². The molecule has 3 heterocycles. The van der Waals surface area contributed by atoms with Gasteiger partial charge in [-0.05, 0) is 30.7 Å². The largest absolute Gasteiger partial charge is 0.310 e. The second kappa shape index (κ2) is 6.48. The Kier molecular flexibility index (Phi) is 3.99. The van der Waals surface area contributed by atoms with Crippen LogP contribution in [0.3, 0.4) is 0 Å². The van der Waals surface area contributed by atoms with Gasteiger partial charge in [0.2, 0.25) is 11.8 Å². The number of nitrogens with one attached hydrogen (secondary N) is 1. The third-order valence-corrected chi connectivity index (χ3v) is 6.14. The summed E-state index contributed by atoms with van der Waals surface area (Å²) < 4.78 is 1.66. The molecule has 6 nitrogen and oxygen atoms in total. The molecule has 30 heavy (non-hydrogen) atoms. The first-order chi connectivity index (χ1) is 14.5. The van der Waals surface area contributed by atoms with Gasteiger partial charge in [0.25, 0.3) is 0 Å². The number of carbonyl (C=O) groups is 2. The number of carbonyl (C=O) groups excluding carboxylic acids is 2. The fourth-order valence-corrected chi connectivity index (χ4v) is 4.88. The van der Waals surface area contributed by atoms with Gasteiger partial charge >= 0.3 is 0 Å². The Labute approximate surface area is 178 Å². The number of amides is 2. The molecule has 0 aliphatic carbocycles. The van der Waals surface area contributed by atoms with E-state index in [1.165, 1.54) is 4.90 Å². The summed E-state index contributed by atoms with van der Waals surface area (Å²) >= 11 is 6.60. The van der Waals surface area contributed by atoms with E-state index in [0.29, 0.717) is 27.7 Å². The first-order valence-corrected chi connectivity index (χ1v) is 9.85. The van der Waals surface area contributed by atoms with E-state index in [1.807, 2.05) is 37.3 Å². The number of aryl methyl sites for hydroxylation is 1. The molecule has 7 heteroatoms. The van der Waals surface area contributed by atoms with Crippen LogP contribution in [-0.4, -0.2) is 28.1 Å². The van der Waals surface area contributed by atoms with Gasteiger partial charge in [-0.15, -0.1) is 6.42 Å². The zero-order chi connectivity index (χ0) is 21.0. The van der Waals surface area contributed by atoms with Crippen LogP contribution in [0.5, 0.6) is 0 Å². The van der Waals surface area contributed by atoms with Gasteiger partial charge in [-0.2, -0.15) is 5.10 Å². The average Bonchev–Trinajstić information content (AvgIpc) is 3.23. The Hall–Kier alpha value is -3.56. The second-order valence-corrected chi connectivity index (χ2v) is 7.87. The highest BCUT2D eigenvalue weighted by Gasteiger charge is 2.58. The van der Waals surface area contributed by atoms with Crippen molar-refractivity contribution in [1.82, 2.24) is 9.78 Å². The summed E-state index contributed by atoms with van der Waals surface area (Å²) in [6.07, 6.45) is 7.11. The fourth-order valence-electron chi connectivity index (χ4n) is 4.55. The molecule has 3 aromatic rings. The van der Waals surface area contributed by atoms with Gasteiger partial charge in [-0.1, -0.05) is 41.8 Å². The van der Waals surface area contributed by atoms with Crippen molar-refractivity contribution in [2.24, 2.45) is 0 Å². The van der Waals surface area contributed by atoms with Crippen LogP contribution in [0, 0.1) is 19.3 Å². The Balaban J connectivity index is 1.81. The fraction of sp³-hybridized carbons (Fsp3) is 0.174. The maximum Gasteiger partial charge on any atom is 0.243 e. The molecule has 0 saturated carbocycles. The first kappa shape index (κ1) is 18.5. The molecular weight excluding hydrogens is 400 g/mol. The van der Waals surface area contributed by atoms with Crippen molar-refractivity contribution in [2.45, 2.75) is 18.8 Å². The molecule has 2 aromatic carbocycles. The molecule has 0 bridgehead atoms. The van der Waals surface area contributed by atoms with Gasteiger partial charge in [0.15, 0.2) is 0 Å². The molecule has 2 aliphatic rings. The van der Waals surface area contributed by atoms with Crippen molar-refractivity contribution < 1.29 is 9.59 Å². The van der Waals surface area contributed by atoms with Crippen LogP contribution >= 0.6 is 11.6 Å². The van der Waals surface area contributed by atoms with Crippen molar-refractivity contribution in [2.75, 3.05) is 16.8 Å². The van der Waals surface area contributed by atoms with Crippen molar-refractivity contribution in [3.63, 3.8) is 0 Å². The molecule has 1 N–H and O–H groups in total. The number of anilines is 2. The lowest BCUT2D eigenvalue weighted by Crippen LogP contribution is -2.46. The molecule has 1 atom stereocenters. The summed E-state index contributed by atoms with van der Waals surface area (Å²) in [6.45, 7) is 2.06. The van der Waals surface area contributed by atoms with Crippen LogP contribution < -0.4 is 10.2 Å². The van der Waals surface area contributed by atoms with Crippen molar-refractivity contribution in [3.05, 3.63) is 70.4 Å². The highest BCUT2D eigenvalue weighted by atomic mass is 35.5. The summed E-state index contributed by atoms with van der Waals surface area (Å²) in [6, 6.07) is 13.0. The summed E-state index contributed by atoms with van der Waals surface area (Å²) in [5.74, 6) is 2.47. The maximum atomic E-state index is 13.8. The van der Waals surface area contributed by atoms with E-state index in [4.69, 9.17) is 18.0 Å². The van der Waals surface area contributed by atoms with Crippen LogP contribution in [0.2, 0.25) is 5.02 Å². The lowest BCUT2D eigenvalue weighted by molar-refractivity contribution is -0.126. The van der Waals surface area contributed by atoms with E-state index in [2.05, 4.69) is 16.3 Å². The number of halogens is 1. The number of hydrogen-bond donors (Lipinski definition) is 1. The average molecular weight is 417 g/mol. The van der Waals surface area contributed by atoms with Crippen LogP contribution in [0.25, 0.3) is 5.69 Å². The number of fused-ring (bicyclic) bond motifs is 4. The number of para-hydroxylation sites is 1. The van der Waals surface area contributed by atoms with Gasteiger partial charge in [-0.3, -0.25) is 14.5 Å². The minimum absolute atomic E-state index is 0.0594. The Morgan fingerprint density at radius 1 is 1.20 bits per heavy atom. The third kappa shape index (κ3) is 2.30. The molecule has 2 aliphatic heterocycles. The van der Waals surface area contributed by atoms with E-state index in [-0.39, 0.29) is 24.8 Å². The molecule has 0 fully saturated rings. The predicted molar refractivity (Wildman–Crippen MR) is 115 cm³/mol. The summed E-state index contributed by atoms with van der Waals surface area (Å²) in [5, 5.41) is 7.87. The van der Waals surface area contributed by atoms with E-state index >= 15 is 0 Å². The van der Waals surface area contributed by atoms with Crippen molar-refractivity contribution in [1.29, 1.82) is 0 Å². The highest BCUT2D eigenvalue weighted by molar-refractivity contribution is 6.34. The monoisotopic (exact) mass is 416 g/mol. The first-order valence-electron chi connectivity index (χ1n) is 9.48. The van der Waals surface area contributed by atoms with Crippen molar-refractivity contribution >= 4 is 34.9 Å². The van der Waals surface area contributed by atoms with Crippen LogP contribution in [-0.2, 0) is 15.0 Å². The molecule has 1 spiro atoms. The lowest BCUT2D eigenvalue weighted by atomic mass is 9.71. The number of hydrogen-bond acceptors (Lipinski definition) is 3. The van der Waals surface area contributed by atoms with Gasteiger partial charge in [0, 0.05) is 22.6 Å². The number of nitrogens with zero attached hydrogens (tertiary/aromatic N) is 3. The summed E-state index contributed by atoms with van der Waals surface area (Å²) in [4.78, 5) is 28.2. The quantitative estimate of drug-likeness (QED) is 0.651. The maximum absolute atomic E-state index is 13.8. The van der Waals surface area contributed by atoms with E-state index < -0.39 is 5.41 Å². The molecule has 0 radical (unpaired) electrons. The van der Waals surface area contributed by atoms with Crippen LogP contribution in [0.15, 0.2) is 48.7 Å². The van der Waals surface area contributed by atoms with Gasteiger partial charge in [0.1, 0.15) is 11.2 Å². The van der Waals surface area contributed by atoms with Crippen LogP contribution in [0.4, 0.5) is 11.5 Å². The minimum Gasteiger partial charge on any atom is -0.310 e. The van der Waals surface area contributed by atoms with Crippen LogP contribution in [0.1, 0.15) is 23.1 Å². The Bertz CT molecular complexity index is 1270. The number of terminal acetylenes is 1. The molecule has 148 valence electrons. The molecule has 1 unspecified atom stereocenters. The second-order valence-electron chi connectivity index (χ2n) is 7.46. The van der Waals surface area contributed by atoms with E-state index in [0.717, 1.165) is 11.3 Å². The third-order valence-electron chi connectivity index (χ3n) is 5.83. The highest BCUT2D eigenvalue weighted by Crippen LogP contribution is 2.54. The van der Waals surface area contributed by atoms with Gasteiger partial charge in [-0.25, -0.2) is 4.68 Å². The molecule has 5 rings (SSSR count). The molecule has 0 saturated heterocycles. The number of benzene rings is 2. The van der Waals surface area contributed by atoms with E-state index in [9.17, 15) is 9.59 Å². The normalized spacial score (nSPS) is 19.4. The summed E-state index contributed by atoms with van der Waals surface area (Å²) in [5.41, 5.74) is 2.40. The predicted octanol–water partition coefficient (Wildman–Crippen LogP) is 3.44. The zero-order valence-electron chi connectivity index (χ0n) is 16.1. The van der Waals surface area contributed by atoms with Gasteiger partial charge < -0.3 is 5.32 Å². The number of rotatable bonds is 2. The SMILES string of the molecule is C#CCN1C(=O)C2(CC(=O)Nc3c2cnn3-c2ccccc2C)c2c(Cl)cccc21. The minimum atomic E-state index is -1.26. The lowest BCUT2D eigenvalue weighted by Gasteiger charge is -2.32. The molecule has 1 aromatic heterocycles. The van der Waals surface area contributed by atoms with Gasteiger partial charge in [0.05, 0.1) is 24.1 Å². The molecular formula is C23H17ClN4O2. The Morgan fingerprint density at radius 3 is 2.73 bits per heavy atom. The standard InChI is InChI=1S/C23H17ClN4O2/c1-3-11-27-18-10-6-8-16(24)20(18)23(22(27)30)12-19(29)26-21-15(23)13-25-28(21)17-9-5-4-7-14(17)2/h1,4-10,13H,11-12H2,2H3,(H,26,29). The summed E-state index contributed by atoms with van der Waals surface area (Å²) in [7, 11) is 0. The zero-order valence-corrected chi connectivity index (χ0v) is 16.9. The molecule has 2 amide bonds. The number of aromatic nitrogens is 2.